The van der Waals surface area contributed by atoms with E-state index in [1.165, 1.54) is 11.8 Å². The number of amides is 1. The van der Waals surface area contributed by atoms with Gasteiger partial charge in [0.2, 0.25) is 5.91 Å². The molecule has 1 amide bonds. The molecule has 1 saturated heterocycles. The van der Waals surface area contributed by atoms with Gasteiger partial charge in [-0.25, -0.2) is 9.97 Å². The highest BCUT2D eigenvalue weighted by molar-refractivity contribution is 7.99. The molecule has 1 fully saturated rings. The van der Waals surface area contributed by atoms with E-state index in [2.05, 4.69) is 15.1 Å². The first-order chi connectivity index (χ1) is 12.1. The van der Waals surface area contributed by atoms with Gasteiger partial charge in [0.05, 0.1) is 24.0 Å². The number of thioether (sulfide) groups is 1. The lowest BCUT2D eigenvalue weighted by molar-refractivity contribution is -0.135. The predicted octanol–water partition coefficient (Wildman–Crippen LogP) is 1.93. The van der Waals surface area contributed by atoms with Crippen LogP contribution in [0.15, 0.2) is 29.4 Å². The molecule has 0 saturated carbocycles. The zero-order valence-electron chi connectivity index (χ0n) is 14.2. The van der Waals surface area contributed by atoms with Gasteiger partial charge in [-0.15, -0.1) is 5.10 Å². The summed E-state index contributed by atoms with van der Waals surface area (Å²) in [4.78, 5) is 23.5. The zero-order chi connectivity index (χ0) is 17.4. The summed E-state index contributed by atoms with van der Waals surface area (Å²) in [5, 5.41) is 6.09. The number of aromatic nitrogens is 4. The van der Waals surface area contributed by atoms with E-state index in [1.54, 1.807) is 4.52 Å². The molecule has 0 spiro atoms. The number of hydrogen-bond donors (Lipinski definition) is 0. The van der Waals surface area contributed by atoms with E-state index in [-0.39, 0.29) is 12.0 Å². The SMILES string of the molecule is Cc1nc2c3ccccc3nc(SCC(=O)N3CCOC(C)C3)n2n1. The number of morpholine rings is 1. The molecule has 2 aromatic heterocycles. The van der Waals surface area contributed by atoms with Gasteiger partial charge in [0.25, 0.3) is 0 Å². The molecule has 1 aliphatic rings. The van der Waals surface area contributed by atoms with Gasteiger partial charge in [-0.3, -0.25) is 4.79 Å². The first-order valence-corrected chi connectivity index (χ1v) is 9.24. The number of carbonyl (C=O) groups excluding carboxylic acids is 1. The first kappa shape index (κ1) is 16.3. The summed E-state index contributed by atoms with van der Waals surface area (Å²) in [6.45, 7) is 5.73. The molecule has 4 rings (SSSR count). The van der Waals surface area contributed by atoms with Crippen LogP contribution in [0.1, 0.15) is 12.7 Å². The third-order valence-corrected chi connectivity index (χ3v) is 5.09. The maximum Gasteiger partial charge on any atom is 0.233 e. The van der Waals surface area contributed by atoms with Crippen molar-refractivity contribution in [2.75, 3.05) is 25.4 Å². The molecule has 8 heteroatoms. The van der Waals surface area contributed by atoms with Gasteiger partial charge in [-0.05, 0) is 26.0 Å². The Morgan fingerprint density at radius 3 is 3.04 bits per heavy atom. The molecule has 25 heavy (non-hydrogen) atoms. The summed E-state index contributed by atoms with van der Waals surface area (Å²) in [5.41, 5.74) is 1.63. The fourth-order valence-electron chi connectivity index (χ4n) is 2.99. The minimum absolute atomic E-state index is 0.0890. The number of rotatable bonds is 3. The van der Waals surface area contributed by atoms with Crippen molar-refractivity contribution < 1.29 is 9.53 Å². The molecule has 1 aromatic carbocycles. The third kappa shape index (κ3) is 3.19. The van der Waals surface area contributed by atoms with Crippen LogP contribution in [-0.2, 0) is 9.53 Å². The van der Waals surface area contributed by atoms with Gasteiger partial charge in [0.1, 0.15) is 5.82 Å². The zero-order valence-corrected chi connectivity index (χ0v) is 15.0. The summed E-state index contributed by atoms with van der Waals surface area (Å²) < 4.78 is 7.23. The summed E-state index contributed by atoms with van der Waals surface area (Å²) in [6.07, 6.45) is 0.0890. The van der Waals surface area contributed by atoms with Gasteiger partial charge in [-0.1, -0.05) is 23.9 Å². The molecule has 1 atom stereocenters. The smallest absolute Gasteiger partial charge is 0.233 e. The van der Waals surface area contributed by atoms with Crippen LogP contribution in [-0.4, -0.2) is 61.9 Å². The van der Waals surface area contributed by atoms with Gasteiger partial charge in [-0.2, -0.15) is 4.52 Å². The summed E-state index contributed by atoms with van der Waals surface area (Å²) >= 11 is 1.40. The van der Waals surface area contributed by atoms with E-state index >= 15 is 0 Å². The van der Waals surface area contributed by atoms with Crippen molar-refractivity contribution in [1.29, 1.82) is 0 Å². The van der Waals surface area contributed by atoms with Crippen LogP contribution >= 0.6 is 11.8 Å². The largest absolute Gasteiger partial charge is 0.375 e. The Labute approximate surface area is 149 Å². The molecule has 0 bridgehead atoms. The van der Waals surface area contributed by atoms with Gasteiger partial charge < -0.3 is 9.64 Å². The Hall–Kier alpha value is -2.19. The van der Waals surface area contributed by atoms with Crippen molar-refractivity contribution in [3.05, 3.63) is 30.1 Å². The Morgan fingerprint density at radius 1 is 1.36 bits per heavy atom. The van der Waals surface area contributed by atoms with E-state index in [4.69, 9.17) is 4.74 Å². The second kappa shape index (κ2) is 6.61. The Morgan fingerprint density at radius 2 is 2.20 bits per heavy atom. The van der Waals surface area contributed by atoms with Crippen molar-refractivity contribution in [2.45, 2.75) is 25.1 Å². The van der Waals surface area contributed by atoms with Gasteiger partial charge >= 0.3 is 0 Å². The number of nitrogens with zero attached hydrogens (tertiary/aromatic N) is 5. The van der Waals surface area contributed by atoms with Crippen LogP contribution in [0.4, 0.5) is 0 Å². The number of fused-ring (bicyclic) bond motifs is 3. The summed E-state index contributed by atoms with van der Waals surface area (Å²) in [7, 11) is 0. The lowest BCUT2D eigenvalue weighted by atomic mass is 10.2. The fourth-order valence-corrected chi connectivity index (χ4v) is 3.84. The fraction of sp³-hybridized carbons (Fsp3) is 0.412. The maximum absolute atomic E-state index is 12.5. The maximum atomic E-state index is 12.5. The number of para-hydroxylation sites is 1. The molecule has 7 nitrogen and oxygen atoms in total. The number of carbonyl (C=O) groups is 1. The Balaban J connectivity index is 1.61. The molecule has 1 unspecified atom stereocenters. The van der Waals surface area contributed by atoms with E-state index < -0.39 is 0 Å². The van der Waals surface area contributed by atoms with Gasteiger partial charge in [0.15, 0.2) is 10.8 Å². The normalized spacial score (nSPS) is 18.2. The Kier molecular flexibility index (Phi) is 4.30. The number of hydrogen-bond acceptors (Lipinski definition) is 6. The molecule has 130 valence electrons. The van der Waals surface area contributed by atoms with Crippen LogP contribution in [0.25, 0.3) is 16.6 Å². The van der Waals surface area contributed by atoms with Gasteiger partial charge in [0, 0.05) is 18.5 Å². The third-order valence-electron chi connectivity index (χ3n) is 4.17. The second-order valence-electron chi connectivity index (χ2n) is 6.12. The topological polar surface area (TPSA) is 72.6 Å². The molecule has 3 heterocycles. The highest BCUT2D eigenvalue weighted by atomic mass is 32.2. The minimum atomic E-state index is 0.0890. The minimum Gasteiger partial charge on any atom is -0.375 e. The van der Waals surface area contributed by atoms with E-state index in [9.17, 15) is 4.79 Å². The van der Waals surface area contributed by atoms with Crippen LogP contribution in [0.2, 0.25) is 0 Å². The summed E-state index contributed by atoms with van der Waals surface area (Å²) in [6, 6.07) is 7.85. The molecule has 1 aliphatic heterocycles. The van der Waals surface area contributed by atoms with Crippen molar-refractivity contribution in [3.63, 3.8) is 0 Å². The molecule has 3 aromatic rings. The van der Waals surface area contributed by atoms with Crippen molar-refractivity contribution in [2.24, 2.45) is 0 Å². The molecule has 0 N–H and O–H groups in total. The number of benzene rings is 1. The highest BCUT2D eigenvalue weighted by Crippen LogP contribution is 2.24. The number of aryl methyl sites for hydroxylation is 1. The molecular weight excluding hydrogens is 338 g/mol. The lowest BCUT2D eigenvalue weighted by Gasteiger charge is -2.31. The second-order valence-corrected chi connectivity index (χ2v) is 7.06. The first-order valence-electron chi connectivity index (χ1n) is 8.26. The number of ether oxygens (including phenoxy) is 1. The van der Waals surface area contributed by atoms with E-state index in [1.807, 2.05) is 43.0 Å². The standard InChI is InChI=1S/C17H19N5O2S/c1-11-9-21(7-8-24-11)15(23)10-25-17-19-14-6-4-3-5-13(14)16-18-12(2)20-22(16)17/h3-6,11H,7-10H2,1-2H3. The van der Waals surface area contributed by atoms with E-state index in [0.717, 1.165) is 16.6 Å². The van der Waals surface area contributed by atoms with E-state index in [0.29, 0.717) is 36.4 Å². The summed E-state index contributed by atoms with van der Waals surface area (Å²) in [5.74, 6) is 1.11. The Bertz CT molecular complexity index is 941. The average Bonchev–Trinajstić information content (AvgIpc) is 3.01. The molecule has 0 radical (unpaired) electrons. The quantitative estimate of drug-likeness (QED) is 0.527. The van der Waals surface area contributed by atoms with Crippen molar-refractivity contribution in [1.82, 2.24) is 24.5 Å². The highest BCUT2D eigenvalue weighted by Gasteiger charge is 2.22. The van der Waals surface area contributed by atoms with Crippen LogP contribution in [0.5, 0.6) is 0 Å². The van der Waals surface area contributed by atoms with Crippen molar-refractivity contribution in [3.8, 4) is 0 Å². The van der Waals surface area contributed by atoms with Crippen LogP contribution < -0.4 is 0 Å². The monoisotopic (exact) mass is 357 g/mol. The molecule has 0 aliphatic carbocycles. The van der Waals surface area contributed by atoms with Crippen molar-refractivity contribution >= 4 is 34.2 Å². The average molecular weight is 357 g/mol. The molecular formula is C17H19N5O2S. The van der Waals surface area contributed by atoms with Crippen LogP contribution in [0.3, 0.4) is 0 Å². The predicted molar refractivity (Wildman–Crippen MR) is 95.7 cm³/mol. The van der Waals surface area contributed by atoms with Crippen LogP contribution in [0, 0.1) is 6.92 Å². The lowest BCUT2D eigenvalue weighted by Crippen LogP contribution is -2.45.